The molecule has 9 nitrogen and oxygen atoms in total. The van der Waals surface area contributed by atoms with E-state index in [2.05, 4.69) is 29.0 Å². The molecule has 1 aromatic rings. The topological polar surface area (TPSA) is 112 Å². The van der Waals surface area contributed by atoms with E-state index in [0.29, 0.717) is 36.7 Å². The highest BCUT2D eigenvalue weighted by Crippen LogP contribution is 2.49. The number of carboxylic acids is 1. The van der Waals surface area contributed by atoms with Gasteiger partial charge in [-0.25, -0.2) is 9.59 Å². The minimum atomic E-state index is -1.10. The first kappa shape index (κ1) is 24.7. The minimum absolute atomic E-state index is 0.0872. The van der Waals surface area contributed by atoms with Gasteiger partial charge in [-0.05, 0) is 50.6 Å². The Kier molecular flexibility index (Phi) is 7.73. The summed E-state index contributed by atoms with van der Waals surface area (Å²) >= 11 is 0. The van der Waals surface area contributed by atoms with Gasteiger partial charge >= 0.3 is 12.1 Å². The normalized spacial score (nSPS) is 25.3. The van der Waals surface area contributed by atoms with Crippen molar-refractivity contribution >= 4 is 24.0 Å². The van der Waals surface area contributed by atoms with E-state index < -0.39 is 23.5 Å². The number of nitrogens with one attached hydrogen (secondary N) is 1. The van der Waals surface area contributed by atoms with E-state index in [1.807, 2.05) is 13.1 Å². The van der Waals surface area contributed by atoms with Crippen LogP contribution in [0.3, 0.4) is 0 Å². The second-order valence-corrected chi connectivity index (χ2v) is 9.67. The molecule has 0 spiro atoms. The van der Waals surface area contributed by atoms with Gasteiger partial charge in [-0.3, -0.25) is 9.78 Å². The molecule has 0 aromatic carbocycles. The number of alkyl carbamates (subject to hydrolysis) is 1. The molecule has 2 aliphatic rings. The summed E-state index contributed by atoms with van der Waals surface area (Å²) in [5.74, 6) is -0.784. The number of hydrogen-bond donors (Lipinski definition) is 2. The molecule has 33 heavy (non-hydrogen) atoms. The molecule has 9 heteroatoms. The lowest BCUT2D eigenvalue weighted by Gasteiger charge is -2.40. The Morgan fingerprint density at radius 2 is 2.15 bits per heavy atom. The molecule has 2 N–H and O–H groups in total. The summed E-state index contributed by atoms with van der Waals surface area (Å²) in [4.78, 5) is 44.7. The molecule has 2 fully saturated rings. The first-order valence-electron chi connectivity index (χ1n) is 11.4. The zero-order valence-electron chi connectivity index (χ0n) is 19.8. The van der Waals surface area contributed by atoms with Gasteiger partial charge in [0.15, 0.2) is 0 Å². The standard InChI is InChI=1S/C24H34N4O5/c1-16(2)8-11-27(4)12-10-26-23(32)33-15-24(3)14-19-18(13-17-7-5-6-9-25-17)21(29)28(19)20(24)22(30)31/h5-7,9,13,16,19-20H,8,10-12,14-15H2,1-4H3,(H,26,32)(H,30,31)/b18-13+/t19?,20-,24-/m0/s1. The number of likely N-dealkylation sites (N-methyl/N-ethyl adjacent to an activating group) is 1. The average molecular weight is 459 g/mol. The molecule has 3 heterocycles. The predicted octanol–water partition coefficient (Wildman–Crippen LogP) is 2.24. The fraction of sp³-hybridized carbons (Fsp3) is 0.583. The van der Waals surface area contributed by atoms with Crippen molar-refractivity contribution in [1.82, 2.24) is 20.1 Å². The Hall–Kier alpha value is -2.94. The number of aliphatic carboxylic acids is 1. The van der Waals surface area contributed by atoms with Crippen LogP contribution in [-0.4, -0.2) is 83.2 Å². The van der Waals surface area contributed by atoms with Crippen molar-refractivity contribution in [2.75, 3.05) is 33.3 Å². The van der Waals surface area contributed by atoms with Crippen LogP contribution in [0.1, 0.15) is 39.3 Å². The fourth-order valence-corrected chi connectivity index (χ4v) is 4.47. The number of hydrogen-bond acceptors (Lipinski definition) is 6. The second-order valence-electron chi connectivity index (χ2n) is 9.67. The lowest BCUT2D eigenvalue weighted by molar-refractivity contribution is -0.155. The van der Waals surface area contributed by atoms with E-state index in [9.17, 15) is 19.5 Å². The Bertz CT molecular complexity index is 903. The third-order valence-corrected chi connectivity index (χ3v) is 6.38. The van der Waals surface area contributed by atoms with Gasteiger partial charge in [0.2, 0.25) is 0 Å². The molecule has 1 unspecified atom stereocenters. The van der Waals surface area contributed by atoms with Crippen LogP contribution in [0, 0.1) is 11.3 Å². The molecule has 0 saturated carbocycles. The number of carboxylic acid groups (broad SMARTS) is 1. The maximum absolute atomic E-state index is 12.7. The summed E-state index contributed by atoms with van der Waals surface area (Å²) in [6.07, 6.45) is 4.25. The number of aromatic nitrogens is 1. The molecule has 0 aliphatic carbocycles. The summed E-state index contributed by atoms with van der Waals surface area (Å²) < 4.78 is 5.40. The van der Waals surface area contributed by atoms with Gasteiger partial charge in [0.25, 0.3) is 5.91 Å². The Morgan fingerprint density at radius 1 is 1.39 bits per heavy atom. The Labute approximate surface area is 194 Å². The van der Waals surface area contributed by atoms with Crippen molar-refractivity contribution in [3.8, 4) is 0 Å². The third-order valence-electron chi connectivity index (χ3n) is 6.38. The number of carbonyl (C=O) groups excluding carboxylic acids is 2. The van der Waals surface area contributed by atoms with Gasteiger partial charge in [-0.1, -0.05) is 26.8 Å². The van der Waals surface area contributed by atoms with Crippen molar-refractivity contribution in [2.24, 2.45) is 11.3 Å². The van der Waals surface area contributed by atoms with Crippen molar-refractivity contribution in [2.45, 2.75) is 45.7 Å². The molecule has 2 amide bonds. The van der Waals surface area contributed by atoms with Crippen LogP contribution in [0.4, 0.5) is 4.79 Å². The first-order chi connectivity index (χ1) is 15.6. The average Bonchev–Trinajstić information content (AvgIpc) is 3.05. The van der Waals surface area contributed by atoms with Crippen LogP contribution in [0.25, 0.3) is 6.08 Å². The second kappa shape index (κ2) is 10.3. The van der Waals surface area contributed by atoms with Crippen LogP contribution in [0.5, 0.6) is 0 Å². The van der Waals surface area contributed by atoms with Crippen LogP contribution < -0.4 is 5.32 Å². The first-order valence-corrected chi connectivity index (χ1v) is 11.4. The number of carbonyl (C=O) groups is 3. The van der Waals surface area contributed by atoms with Crippen LogP contribution in [0.2, 0.25) is 0 Å². The van der Waals surface area contributed by atoms with Gasteiger partial charge in [-0.15, -0.1) is 0 Å². The molecule has 2 saturated heterocycles. The number of pyridine rings is 1. The van der Waals surface area contributed by atoms with Gasteiger partial charge in [0.05, 0.1) is 11.7 Å². The predicted molar refractivity (Wildman–Crippen MR) is 123 cm³/mol. The Balaban J connectivity index is 1.56. The smallest absolute Gasteiger partial charge is 0.407 e. The molecule has 0 bridgehead atoms. The minimum Gasteiger partial charge on any atom is -0.480 e. The van der Waals surface area contributed by atoms with Crippen LogP contribution >= 0.6 is 0 Å². The molecule has 2 aliphatic heterocycles. The van der Waals surface area contributed by atoms with E-state index >= 15 is 0 Å². The lowest BCUT2D eigenvalue weighted by atomic mass is 9.81. The molecule has 3 atom stereocenters. The Morgan fingerprint density at radius 3 is 2.79 bits per heavy atom. The molecule has 0 radical (unpaired) electrons. The molecular weight excluding hydrogens is 424 g/mol. The van der Waals surface area contributed by atoms with E-state index in [-0.39, 0.29) is 18.6 Å². The highest BCUT2D eigenvalue weighted by Gasteiger charge is 2.62. The third kappa shape index (κ3) is 5.71. The van der Waals surface area contributed by atoms with E-state index in [1.54, 1.807) is 31.3 Å². The number of nitrogens with zero attached hydrogens (tertiary/aromatic N) is 3. The van der Waals surface area contributed by atoms with E-state index in [0.717, 1.165) is 13.0 Å². The number of rotatable bonds is 10. The molecule has 180 valence electrons. The lowest BCUT2D eigenvalue weighted by Crippen LogP contribution is -2.58. The molecule has 3 rings (SSSR count). The summed E-state index contributed by atoms with van der Waals surface area (Å²) in [6.45, 7) is 8.10. The zero-order valence-corrected chi connectivity index (χ0v) is 19.8. The molecular formula is C24H34N4O5. The van der Waals surface area contributed by atoms with Crippen molar-refractivity contribution in [1.29, 1.82) is 0 Å². The highest BCUT2D eigenvalue weighted by molar-refractivity contribution is 6.08. The summed E-state index contributed by atoms with van der Waals surface area (Å²) in [6, 6.07) is 4.03. The van der Waals surface area contributed by atoms with Crippen molar-refractivity contribution in [3.05, 3.63) is 35.7 Å². The maximum atomic E-state index is 12.7. The maximum Gasteiger partial charge on any atom is 0.407 e. The summed E-state index contributed by atoms with van der Waals surface area (Å²) in [5, 5.41) is 12.6. The number of ether oxygens (including phenoxy) is 1. The number of fused-ring (bicyclic) bond motifs is 1. The van der Waals surface area contributed by atoms with Gasteiger partial charge in [0.1, 0.15) is 12.6 Å². The summed E-state index contributed by atoms with van der Waals surface area (Å²) in [5.41, 5.74) is 0.296. The summed E-state index contributed by atoms with van der Waals surface area (Å²) in [7, 11) is 2.00. The van der Waals surface area contributed by atoms with E-state index in [1.165, 1.54) is 4.90 Å². The van der Waals surface area contributed by atoms with Crippen LogP contribution in [-0.2, 0) is 14.3 Å². The van der Waals surface area contributed by atoms with Gasteiger partial charge in [-0.2, -0.15) is 0 Å². The van der Waals surface area contributed by atoms with Gasteiger partial charge < -0.3 is 25.0 Å². The van der Waals surface area contributed by atoms with Crippen molar-refractivity contribution < 1.29 is 24.2 Å². The highest BCUT2D eigenvalue weighted by atomic mass is 16.5. The van der Waals surface area contributed by atoms with Crippen LogP contribution in [0.15, 0.2) is 30.0 Å². The number of β-lactam (4-membered cyclic amide) rings is 1. The number of amides is 2. The van der Waals surface area contributed by atoms with E-state index in [4.69, 9.17) is 4.74 Å². The SMILES string of the molecule is CC(C)CCN(C)CCNC(=O)OC[C@]1(C)CC2/C(=C\c3ccccn3)C(=O)N2[C@H]1C(=O)O. The van der Waals surface area contributed by atoms with Gasteiger partial charge in [0, 0.05) is 30.3 Å². The fourth-order valence-electron chi connectivity index (χ4n) is 4.47. The molecule has 1 aromatic heterocycles. The zero-order chi connectivity index (χ0) is 24.2. The largest absolute Gasteiger partial charge is 0.480 e. The van der Waals surface area contributed by atoms with Crippen molar-refractivity contribution in [3.63, 3.8) is 0 Å². The quantitative estimate of drug-likeness (QED) is 0.408. The monoisotopic (exact) mass is 458 g/mol.